The van der Waals surface area contributed by atoms with E-state index in [1.165, 1.54) is 6.20 Å². The molecule has 1 aromatic heterocycles. The van der Waals surface area contributed by atoms with Crippen molar-refractivity contribution in [2.75, 3.05) is 11.9 Å². The van der Waals surface area contributed by atoms with Crippen LogP contribution in [0.2, 0.25) is 0 Å². The van der Waals surface area contributed by atoms with E-state index in [1.54, 1.807) is 78.9 Å². The quantitative estimate of drug-likeness (QED) is 0.606. The van der Waals surface area contributed by atoms with Crippen molar-refractivity contribution < 1.29 is 19.1 Å². The van der Waals surface area contributed by atoms with Crippen LogP contribution >= 0.6 is 0 Å². The maximum Gasteiger partial charge on any atom is 0.333 e. The van der Waals surface area contributed by atoms with Gasteiger partial charge in [0.1, 0.15) is 5.82 Å². The van der Waals surface area contributed by atoms with Gasteiger partial charge in [0.25, 0.3) is 11.8 Å². The molecule has 1 heterocycles. The molecule has 0 saturated carbocycles. The smallest absolute Gasteiger partial charge is 0.333 e. The maximum atomic E-state index is 12.6. The lowest BCUT2D eigenvalue weighted by atomic mass is 10.1. The minimum Gasteiger partial charge on any atom is -0.454 e. The zero-order valence-corrected chi connectivity index (χ0v) is 15.4. The van der Waals surface area contributed by atoms with Gasteiger partial charge in [-0.15, -0.1) is 0 Å². The van der Waals surface area contributed by atoms with Crippen molar-refractivity contribution in [1.82, 2.24) is 10.3 Å². The van der Waals surface area contributed by atoms with Gasteiger partial charge in [-0.3, -0.25) is 9.59 Å². The van der Waals surface area contributed by atoms with E-state index < -0.39 is 30.4 Å². The molecule has 3 rings (SSSR count). The van der Waals surface area contributed by atoms with Gasteiger partial charge < -0.3 is 15.4 Å². The summed E-state index contributed by atoms with van der Waals surface area (Å²) in [6, 6.07) is 21.2. The fraction of sp³-hybridized carbons (Fsp3) is 0.0909. The Hall–Kier alpha value is -4.00. The minimum absolute atomic E-state index is 0.352. The Morgan fingerprint density at radius 3 is 2.17 bits per heavy atom. The normalized spacial score (nSPS) is 11.2. The molecule has 29 heavy (non-hydrogen) atoms. The lowest BCUT2D eigenvalue weighted by Crippen LogP contribution is -2.36. The Labute approximate surface area is 167 Å². The maximum absolute atomic E-state index is 12.6. The largest absolute Gasteiger partial charge is 0.454 e. The second-order valence-electron chi connectivity index (χ2n) is 6.05. The van der Waals surface area contributed by atoms with E-state index in [0.29, 0.717) is 16.9 Å². The number of nitrogens with zero attached hydrogens (tertiary/aromatic N) is 1. The van der Waals surface area contributed by atoms with Gasteiger partial charge in [-0.1, -0.05) is 54.6 Å². The molecule has 0 spiro atoms. The minimum atomic E-state index is -1.05. The first kappa shape index (κ1) is 19.8. The van der Waals surface area contributed by atoms with Gasteiger partial charge >= 0.3 is 5.97 Å². The lowest BCUT2D eigenvalue weighted by molar-refractivity contribution is -0.149. The molecule has 0 fully saturated rings. The Balaban J connectivity index is 1.66. The number of ether oxygens (including phenoxy) is 1. The lowest BCUT2D eigenvalue weighted by Gasteiger charge is -2.18. The van der Waals surface area contributed by atoms with Crippen molar-refractivity contribution in [2.24, 2.45) is 0 Å². The van der Waals surface area contributed by atoms with Crippen molar-refractivity contribution >= 4 is 23.6 Å². The first-order chi connectivity index (χ1) is 14.1. The van der Waals surface area contributed by atoms with Crippen molar-refractivity contribution in [3.8, 4) is 0 Å². The predicted octanol–water partition coefficient (Wildman–Crippen LogP) is 2.73. The number of nitrogens with one attached hydrogen (secondary N) is 2. The van der Waals surface area contributed by atoms with Gasteiger partial charge in [0, 0.05) is 11.8 Å². The van der Waals surface area contributed by atoms with Crippen LogP contribution in [0.5, 0.6) is 0 Å². The fourth-order valence-electron chi connectivity index (χ4n) is 2.56. The van der Waals surface area contributed by atoms with Gasteiger partial charge in [0.15, 0.2) is 12.6 Å². The van der Waals surface area contributed by atoms with E-state index in [1.807, 2.05) is 0 Å². The molecule has 3 aromatic rings. The highest BCUT2D eigenvalue weighted by Gasteiger charge is 2.25. The molecule has 0 saturated heterocycles. The first-order valence-corrected chi connectivity index (χ1v) is 8.92. The van der Waals surface area contributed by atoms with Crippen LogP contribution < -0.4 is 10.6 Å². The number of hydrogen-bond acceptors (Lipinski definition) is 5. The predicted molar refractivity (Wildman–Crippen MR) is 107 cm³/mol. The Morgan fingerprint density at radius 2 is 1.52 bits per heavy atom. The van der Waals surface area contributed by atoms with E-state index in [2.05, 4.69) is 15.6 Å². The van der Waals surface area contributed by atoms with Crippen LogP contribution in [0, 0.1) is 0 Å². The summed E-state index contributed by atoms with van der Waals surface area (Å²) in [6.45, 7) is -0.500. The number of carbonyl (C=O) groups excluding carboxylic acids is 3. The van der Waals surface area contributed by atoms with Crippen molar-refractivity contribution in [3.05, 3.63) is 96.2 Å². The molecule has 7 heteroatoms. The number of pyridine rings is 1. The number of esters is 1. The highest BCUT2D eigenvalue weighted by molar-refractivity contribution is 5.97. The van der Waals surface area contributed by atoms with Gasteiger partial charge in [-0.25, -0.2) is 9.78 Å². The molecular weight excluding hydrogens is 370 g/mol. The molecule has 146 valence electrons. The van der Waals surface area contributed by atoms with Gasteiger partial charge in [0.2, 0.25) is 0 Å². The fourth-order valence-corrected chi connectivity index (χ4v) is 2.56. The van der Waals surface area contributed by atoms with E-state index in [9.17, 15) is 14.4 Å². The van der Waals surface area contributed by atoms with Crippen LogP contribution in [-0.2, 0) is 14.3 Å². The second kappa shape index (κ2) is 9.80. The molecule has 2 N–H and O–H groups in total. The average molecular weight is 389 g/mol. The highest BCUT2D eigenvalue weighted by Crippen LogP contribution is 2.16. The molecule has 7 nitrogen and oxygen atoms in total. The van der Waals surface area contributed by atoms with Crippen LogP contribution in [0.4, 0.5) is 5.82 Å². The summed E-state index contributed by atoms with van der Waals surface area (Å²) in [7, 11) is 0. The SMILES string of the molecule is O=C(COC(=O)[C@H](NC(=O)c1ccccc1)c1ccccc1)Nc1ccccn1. The number of carbonyl (C=O) groups is 3. The number of hydrogen-bond donors (Lipinski definition) is 2. The number of aromatic nitrogens is 1. The number of anilines is 1. The van der Waals surface area contributed by atoms with E-state index in [4.69, 9.17) is 4.74 Å². The van der Waals surface area contributed by atoms with Crippen LogP contribution in [0.25, 0.3) is 0 Å². The molecule has 0 aliphatic rings. The van der Waals surface area contributed by atoms with Crippen molar-refractivity contribution in [1.29, 1.82) is 0 Å². The zero-order valence-electron chi connectivity index (χ0n) is 15.4. The molecule has 2 aromatic carbocycles. The molecule has 0 unspecified atom stereocenters. The Morgan fingerprint density at radius 1 is 0.862 bits per heavy atom. The summed E-state index contributed by atoms with van der Waals surface area (Å²) in [5, 5.41) is 5.19. The van der Waals surface area contributed by atoms with E-state index >= 15 is 0 Å². The number of amides is 2. The molecule has 0 radical (unpaired) electrons. The number of benzene rings is 2. The number of rotatable bonds is 7. The summed E-state index contributed by atoms with van der Waals surface area (Å²) < 4.78 is 5.14. The third-order valence-electron chi connectivity index (χ3n) is 3.96. The Kier molecular flexibility index (Phi) is 6.67. The van der Waals surface area contributed by atoms with Crippen molar-refractivity contribution in [2.45, 2.75) is 6.04 Å². The van der Waals surface area contributed by atoms with Gasteiger partial charge in [-0.05, 0) is 29.8 Å². The molecule has 0 aliphatic carbocycles. The zero-order chi connectivity index (χ0) is 20.5. The summed E-state index contributed by atoms with van der Waals surface area (Å²) in [5.41, 5.74) is 0.959. The molecular formula is C22H19N3O4. The topological polar surface area (TPSA) is 97.4 Å². The first-order valence-electron chi connectivity index (χ1n) is 8.92. The summed E-state index contributed by atoms with van der Waals surface area (Å²) in [4.78, 5) is 41.1. The third-order valence-corrected chi connectivity index (χ3v) is 3.96. The van der Waals surface area contributed by atoms with Crippen LogP contribution in [-0.4, -0.2) is 29.4 Å². The monoisotopic (exact) mass is 389 g/mol. The van der Waals surface area contributed by atoms with Gasteiger partial charge in [-0.2, -0.15) is 0 Å². The standard InChI is InChI=1S/C22H19N3O4/c26-19(24-18-13-7-8-14-23-18)15-29-22(28)20(16-9-3-1-4-10-16)25-21(27)17-11-5-2-6-12-17/h1-14,20H,15H2,(H,25,27)(H,23,24,26)/t20-/m1/s1. The summed E-state index contributed by atoms with van der Waals surface area (Å²) in [6.07, 6.45) is 1.53. The van der Waals surface area contributed by atoms with Crippen LogP contribution in [0.1, 0.15) is 22.0 Å². The van der Waals surface area contributed by atoms with Crippen LogP contribution in [0.3, 0.4) is 0 Å². The van der Waals surface area contributed by atoms with Crippen LogP contribution in [0.15, 0.2) is 85.1 Å². The summed E-state index contributed by atoms with van der Waals surface area (Å²) in [5.74, 6) is -1.34. The Bertz CT molecular complexity index is 963. The molecule has 1 atom stereocenters. The highest BCUT2D eigenvalue weighted by atomic mass is 16.5. The third kappa shape index (κ3) is 5.74. The molecule has 0 aliphatic heterocycles. The molecule has 0 bridgehead atoms. The van der Waals surface area contributed by atoms with E-state index in [-0.39, 0.29) is 0 Å². The van der Waals surface area contributed by atoms with E-state index in [0.717, 1.165) is 0 Å². The van der Waals surface area contributed by atoms with Gasteiger partial charge in [0.05, 0.1) is 0 Å². The average Bonchev–Trinajstić information content (AvgIpc) is 2.77. The van der Waals surface area contributed by atoms with Crippen molar-refractivity contribution in [3.63, 3.8) is 0 Å². The summed E-state index contributed by atoms with van der Waals surface area (Å²) >= 11 is 0. The second-order valence-corrected chi connectivity index (χ2v) is 6.05. The molecule has 2 amide bonds.